The Labute approximate surface area is 101 Å². The van der Waals surface area contributed by atoms with Crippen LogP contribution in [-0.4, -0.2) is 31.8 Å². The summed E-state index contributed by atoms with van der Waals surface area (Å²) in [5.41, 5.74) is 5.86. The van der Waals surface area contributed by atoms with Crippen molar-refractivity contribution >= 4 is 0 Å². The van der Waals surface area contributed by atoms with Gasteiger partial charge in [0.15, 0.2) is 0 Å². The van der Waals surface area contributed by atoms with Gasteiger partial charge in [-0.2, -0.15) is 0 Å². The van der Waals surface area contributed by atoms with Crippen LogP contribution in [0.4, 0.5) is 0 Å². The van der Waals surface area contributed by atoms with Crippen LogP contribution in [0.1, 0.15) is 47.5 Å². The molecule has 98 valence electrons. The van der Waals surface area contributed by atoms with Gasteiger partial charge in [-0.3, -0.25) is 0 Å². The van der Waals surface area contributed by atoms with Gasteiger partial charge in [0.05, 0.1) is 6.61 Å². The van der Waals surface area contributed by atoms with Crippen molar-refractivity contribution in [3.05, 3.63) is 0 Å². The van der Waals surface area contributed by atoms with Crippen LogP contribution >= 0.6 is 0 Å². The molecule has 3 nitrogen and oxygen atoms in total. The average molecular weight is 230 g/mol. The van der Waals surface area contributed by atoms with E-state index in [1.807, 2.05) is 0 Å². The second-order valence-electron chi connectivity index (χ2n) is 6.32. The highest BCUT2D eigenvalue weighted by molar-refractivity contribution is 4.76. The smallest absolute Gasteiger partial charge is 0.0642 e. The van der Waals surface area contributed by atoms with Crippen molar-refractivity contribution in [1.29, 1.82) is 0 Å². The molecule has 0 bridgehead atoms. The van der Waals surface area contributed by atoms with Gasteiger partial charge >= 0.3 is 0 Å². The molecule has 0 aliphatic rings. The Hall–Kier alpha value is -0.120. The quantitative estimate of drug-likeness (QED) is 0.628. The van der Waals surface area contributed by atoms with Gasteiger partial charge in [0, 0.05) is 12.1 Å². The lowest BCUT2D eigenvalue weighted by Gasteiger charge is -2.27. The molecular weight excluding hydrogens is 200 g/mol. The molecular formula is C13H30N2O. The summed E-state index contributed by atoms with van der Waals surface area (Å²) in [5, 5.41) is 3.45. The van der Waals surface area contributed by atoms with E-state index in [0.29, 0.717) is 5.41 Å². The second kappa shape index (κ2) is 7.25. The third-order valence-corrected chi connectivity index (χ3v) is 2.44. The van der Waals surface area contributed by atoms with Crippen molar-refractivity contribution in [3.63, 3.8) is 0 Å². The molecule has 0 atom stereocenters. The zero-order chi connectivity index (χ0) is 12.7. The van der Waals surface area contributed by atoms with E-state index in [9.17, 15) is 0 Å². The van der Waals surface area contributed by atoms with E-state index in [0.717, 1.165) is 39.1 Å². The molecule has 0 saturated carbocycles. The molecule has 3 N–H and O–H groups in total. The van der Waals surface area contributed by atoms with Gasteiger partial charge in [0.2, 0.25) is 0 Å². The second-order valence-corrected chi connectivity index (χ2v) is 6.32. The molecule has 0 aromatic carbocycles. The lowest BCUT2D eigenvalue weighted by molar-refractivity contribution is 0.0658. The van der Waals surface area contributed by atoms with E-state index in [2.05, 4.69) is 39.9 Å². The number of hydrogen-bond donors (Lipinski definition) is 2. The first-order valence-corrected chi connectivity index (χ1v) is 6.30. The molecule has 0 aromatic rings. The Morgan fingerprint density at radius 1 is 1.12 bits per heavy atom. The molecule has 0 aliphatic heterocycles. The summed E-state index contributed by atoms with van der Waals surface area (Å²) in [6, 6.07) is 0. The lowest BCUT2D eigenvalue weighted by atomic mass is 9.93. The van der Waals surface area contributed by atoms with E-state index in [-0.39, 0.29) is 5.54 Å². The highest BCUT2D eigenvalue weighted by Gasteiger charge is 2.17. The van der Waals surface area contributed by atoms with Gasteiger partial charge in [-0.1, -0.05) is 20.8 Å². The van der Waals surface area contributed by atoms with Crippen LogP contribution in [0.15, 0.2) is 0 Å². The minimum atomic E-state index is 0.0487. The Morgan fingerprint density at radius 2 is 1.75 bits per heavy atom. The van der Waals surface area contributed by atoms with E-state index >= 15 is 0 Å². The first-order chi connectivity index (χ1) is 7.27. The summed E-state index contributed by atoms with van der Waals surface area (Å²) in [6.07, 6.45) is 2.12. The van der Waals surface area contributed by atoms with Crippen molar-refractivity contribution in [2.45, 2.75) is 53.0 Å². The number of hydrogen-bond acceptors (Lipinski definition) is 3. The van der Waals surface area contributed by atoms with Crippen molar-refractivity contribution in [2.24, 2.45) is 11.1 Å². The molecule has 0 heterocycles. The van der Waals surface area contributed by atoms with Crippen LogP contribution < -0.4 is 11.1 Å². The van der Waals surface area contributed by atoms with E-state index < -0.39 is 0 Å². The van der Waals surface area contributed by atoms with Crippen LogP contribution in [0, 0.1) is 5.41 Å². The molecule has 3 heteroatoms. The maximum atomic E-state index is 5.71. The fourth-order valence-corrected chi connectivity index (χ4v) is 1.29. The minimum Gasteiger partial charge on any atom is -0.380 e. The lowest BCUT2D eigenvalue weighted by Crippen LogP contribution is -2.44. The highest BCUT2D eigenvalue weighted by Crippen LogP contribution is 2.18. The van der Waals surface area contributed by atoms with Crippen LogP contribution in [0.2, 0.25) is 0 Å². The van der Waals surface area contributed by atoms with Crippen molar-refractivity contribution in [2.75, 3.05) is 26.3 Å². The monoisotopic (exact) mass is 230 g/mol. The van der Waals surface area contributed by atoms with Crippen LogP contribution in [0.3, 0.4) is 0 Å². The third kappa shape index (κ3) is 10.4. The van der Waals surface area contributed by atoms with Gasteiger partial charge in [-0.25, -0.2) is 0 Å². The van der Waals surface area contributed by atoms with Crippen molar-refractivity contribution < 1.29 is 4.74 Å². The molecule has 0 fully saturated rings. The predicted molar refractivity (Wildman–Crippen MR) is 70.6 cm³/mol. The Kier molecular flexibility index (Phi) is 7.20. The van der Waals surface area contributed by atoms with Gasteiger partial charge < -0.3 is 15.8 Å². The van der Waals surface area contributed by atoms with E-state index in [1.165, 1.54) is 0 Å². The summed E-state index contributed by atoms with van der Waals surface area (Å²) in [7, 11) is 0. The minimum absolute atomic E-state index is 0.0487. The first-order valence-electron chi connectivity index (χ1n) is 6.30. The molecule has 0 aromatic heterocycles. The van der Waals surface area contributed by atoms with E-state index in [4.69, 9.17) is 10.5 Å². The fourth-order valence-electron chi connectivity index (χ4n) is 1.29. The zero-order valence-corrected chi connectivity index (χ0v) is 11.7. The van der Waals surface area contributed by atoms with Crippen LogP contribution in [0.25, 0.3) is 0 Å². The number of rotatable bonds is 8. The van der Waals surface area contributed by atoms with Gasteiger partial charge in [-0.05, 0) is 45.2 Å². The van der Waals surface area contributed by atoms with Gasteiger partial charge in [-0.15, -0.1) is 0 Å². The predicted octanol–water partition coefficient (Wildman–Crippen LogP) is 2.16. The largest absolute Gasteiger partial charge is 0.380 e. The van der Waals surface area contributed by atoms with Crippen molar-refractivity contribution in [1.82, 2.24) is 5.32 Å². The summed E-state index contributed by atoms with van der Waals surface area (Å²) in [5.74, 6) is 0. The Morgan fingerprint density at radius 3 is 2.25 bits per heavy atom. The maximum Gasteiger partial charge on any atom is 0.0642 e. The molecule has 0 spiro atoms. The van der Waals surface area contributed by atoms with Crippen molar-refractivity contribution in [3.8, 4) is 0 Å². The van der Waals surface area contributed by atoms with E-state index in [1.54, 1.807) is 0 Å². The molecule has 16 heavy (non-hydrogen) atoms. The highest BCUT2D eigenvalue weighted by atomic mass is 16.5. The average Bonchev–Trinajstić information content (AvgIpc) is 2.11. The zero-order valence-electron chi connectivity index (χ0n) is 11.7. The third-order valence-electron chi connectivity index (χ3n) is 2.44. The molecule has 0 unspecified atom stereocenters. The van der Waals surface area contributed by atoms with Gasteiger partial charge in [0.25, 0.3) is 0 Å². The number of nitrogens with one attached hydrogen (secondary N) is 1. The molecule has 0 amide bonds. The molecule has 0 radical (unpaired) electrons. The Bertz CT molecular complexity index is 173. The normalized spacial score (nSPS) is 13.1. The van der Waals surface area contributed by atoms with Crippen LogP contribution in [0.5, 0.6) is 0 Å². The summed E-state index contributed by atoms with van der Waals surface area (Å²) >= 11 is 0. The fraction of sp³-hybridized carbons (Fsp3) is 1.00. The number of nitrogens with two attached hydrogens (primary N) is 1. The Balaban J connectivity index is 3.57. The summed E-state index contributed by atoms with van der Waals surface area (Å²) < 4.78 is 5.71. The van der Waals surface area contributed by atoms with Gasteiger partial charge in [0.1, 0.15) is 0 Å². The molecule has 0 rings (SSSR count). The number of ether oxygens (including phenoxy) is 1. The molecule has 0 saturated heterocycles. The summed E-state index contributed by atoms with van der Waals surface area (Å²) in [6.45, 7) is 14.4. The first kappa shape index (κ1) is 15.9. The SMILES string of the molecule is CC(C)(C)CCOCC(C)(C)NCCCN. The maximum absolute atomic E-state index is 5.71. The van der Waals surface area contributed by atoms with Crippen LogP contribution in [-0.2, 0) is 4.74 Å². The standard InChI is InChI=1S/C13H30N2O/c1-12(2,3)7-10-16-11-13(4,5)15-9-6-8-14/h15H,6-11,14H2,1-5H3. The summed E-state index contributed by atoms with van der Waals surface area (Å²) in [4.78, 5) is 0. The molecule has 0 aliphatic carbocycles. The topological polar surface area (TPSA) is 47.3 Å².